The first-order valence-corrected chi connectivity index (χ1v) is 5.84. The van der Waals surface area contributed by atoms with E-state index in [0.717, 1.165) is 4.88 Å². The van der Waals surface area contributed by atoms with Gasteiger partial charge in [0.15, 0.2) is 0 Å². The lowest BCUT2D eigenvalue weighted by atomic mass is 10.0. The fraction of sp³-hybridized carbons (Fsp3) is 0.273. The molecule has 0 amide bonds. The number of rotatable bonds is 3. The van der Waals surface area contributed by atoms with E-state index in [-0.39, 0.29) is 11.5 Å². The molecule has 0 aliphatic heterocycles. The largest absolute Gasteiger partial charge is 0.478 e. The number of carboxylic acids is 1. The van der Waals surface area contributed by atoms with Gasteiger partial charge in [0.25, 0.3) is 0 Å². The molecule has 84 valence electrons. The molecule has 0 saturated carbocycles. The predicted molar refractivity (Wildman–Crippen MR) is 62.9 cm³/mol. The van der Waals surface area contributed by atoms with Crippen LogP contribution in [0.15, 0.2) is 17.5 Å². The van der Waals surface area contributed by atoms with Crippen molar-refractivity contribution in [1.29, 1.82) is 0 Å². The second-order valence-corrected chi connectivity index (χ2v) is 4.75. The Morgan fingerprint density at radius 2 is 2.31 bits per heavy atom. The van der Waals surface area contributed by atoms with Gasteiger partial charge in [0.05, 0.1) is 10.6 Å². The molecule has 0 aliphatic rings. The Hall–Kier alpha value is -1.62. The number of H-pyrrole nitrogens is 1. The molecule has 0 aromatic carbocycles. The molecule has 0 fully saturated rings. The molecule has 0 saturated heterocycles. The van der Waals surface area contributed by atoms with Gasteiger partial charge in [0, 0.05) is 0 Å². The molecular weight excluding hydrogens is 224 g/mol. The molecule has 2 rings (SSSR count). The second-order valence-electron chi connectivity index (χ2n) is 3.80. The van der Waals surface area contributed by atoms with Crippen LogP contribution >= 0.6 is 11.3 Å². The minimum absolute atomic E-state index is 0.118. The fourth-order valence-electron chi connectivity index (χ4n) is 1.58. The third-order valence-electron chi connectivity index (χ3n) is 2.34. The molecule has 0 aliphatic carbocycles. The van der Waals surface area contributed by atoms with Gasteiger partial charge in [0.1, 0.15) is 11.3 Å². The third kappa shape index (κ3) is 1.74. The normalized spacial score (nSPS) is 10.9. The summed E-state index contributed by atoms with van der Waals surface area (Å²) < 4.78 is 0. The van der Waals surface area contributed by atoms with E-state index in [9.17, 15) is 9.90 Å². The van der Waals surface area contributed by atoms with E-state index in [1.54, 1.807) is 0 Å². The van der Waals surface area contributed by atoms with Gasteiger partial charge in [-0.05, 0) is 17.4 Å². The highest BCUT2D eigenvalue weighted by Gasteiger charge is 2.22. The minimum Gasteiger partial charge on any atom is -0.478 e. The number of nitrogens with one attached hydrogen (secondary N) is 1. The zero-order valence-electron chi connectivity index (χ0n) is 9.02. The van der Waals surface area contributed by atoms with Gasteiger partial charge in [-0.3, -0.25) is 5.10 Å². The lowest BCUT2D eigenvalue weighted by Crippen LogP contribution is -2.02. The average molecular weight is 236 g/mol. The van der Waals surface area contributed by atoms with Gasteiger partial charge in [-0.1, -0.05) is 19.9 Å². The quantitative estimate of drug-likeness (QED) is 0.861. The maximum Gasteiger partial charge on any atom is 0.339 e. The second kappa shape index (κ2) is 4.09. The monoisotopic (exact) mass is 236 g/mol. The molecule has 2 aromatic heterocycles. The first kappa shape index (κ1) is 10.9. The molecule has 16 heavy (non-hydrogen) atoms. The fourth-order valence-corrected chi connectivity index (χ4v) is 2.30. The van der Waals surface area contributed by atoms with E-state index in [0.29, 0.717) is 11.4 Å². The summed E-state index contributed by atoms with van der Waals surface area (Å²) in [6.45, 7) is 3.89. The van der Waals surface area contributed by atoms with Crippen LogP contribution in [0.2, 0.25) is 0 Å². The van der Waals surface area contributed by atoms with Crippen molar-refractivity contribution in [3.8, 4) is 10.6 Å². The van der Waals surface area contributed by atoms with Crippen LogP contribution in [-0.4, -0.2) is 21.3 Å². The third-order valence-corrected chi connectivity index (χ3v) is 3.22. The predicted octanol–water partition coefficient (Wildman–Crippen LogP) is 2.96. The molecule has 5 heteroatoms. The summed E-state index contributed by atoms with van der Waals surface area (Å²) in [5.41, 5.74) is 1.50. The molecule has 2 heterocycles. The van der Waals surface area contributed by atoms with Crippen molar-refractivity contribution in [3.63, 3.8) is 0 Å². The lowest BCUT2D eigenvalue weighted by molar-refractivity contribution is 0.0696. The molecule has 4 nitrogen and oxygen atoms in total. The number of nitrogens with zero attached hydrogens (tertiary/aromatic N) is 1. The van der Waals surface area contributed by atoms with Crippen LogP contribution in [0.3, 0.4) is 0 Å². The van der Waals surface area contributed by atoms with Crippen molar-refractivity contribution >= 4 is 17.3 Å². The topological polar surface area (TPSA) is 66.0 Å². The van der Waals surface area contributed by atoms with E-state index in [4.69, 9.17) is 0 Å². The molecule has 0 atom stereocenters. The van der Waals surface area contributed by atoms with Crippen LogP contribution in [0.25, 0.3) is 10.6 Å². The van der Waals surface area contributed by atoms with E-state index in [1.165, 1.54) is 11.3 Å². The van der Waals surface area contributed by atoms with Gasteiger partial charge in [-0.15, -0.1) is 11.3 Å². The number of aromatic nitrogens is 2. The Kier molecular flexibility index (Phi) is 2.78. The smallest absolute Gasteiger partial charge is 0.339 e. The van der Waals surface area contributed by atoms with E-state index >= 15 is 0 Å². The number of thiophene rings is 1. The van der Waals surface area contributed by atoms with Gasteiger partial charge in [-0.25, -0.2) is 4.79 Å². The zero-order valence-corrected chi connectivity index (χ0v) is 9.84. The molecule has 0 unspecified atom stereocenters. The van der Waals surface area contributed by atoms with E-state index in [1.807, 2.05) is 31.4 Å². The molecular formula is C11H12N2O2S. The van der Waals surface area contributed by atoms with Gasteiger partial charge < -0.3 is 5.11 Å². The van der Waals surface area contributed by atoms with Crippen molar-refractivity contribution in [3.05, 3.63) is 28.8 Å². The first-order chi connectivity index (χ1) is 7.61. The number of carbonyl (C=O) groups is 1. The zero-order chi connectivity index (χ0) is 11.7. The molecule has 0 radical (unpaired) electrons. The minimum atomic E-state index is -0.930. The van der Waals surface area contributed by atoms with Crippen LogP contribution in [0.1, 0.15) is 35.8 Å². The lowest BCUT2D eigenvalue weighted by Gasteiger charge is -2.02. The Labute approximate surface area is 96.9 Å². The number of carboxylic acid groups (broad SMARTS) is 1. The van der Waals surface area contributed by atoms with E-state index < -0.39 is 5.97 Å². The summed E-state index contributed by atoms with van der Waals surface area (Å²) in [6.07, 6.45) is 0. The maximum absolute atomic E-state index is 11.2. The van der Waals surface area contributed by atoms with Crippen LogP contribution in [0.4, 0.5) is 0 Å². The van der Waals surface area contributed by atoms with Crippen LogP contribution in [-0.2, 0) is 0 Å². The van der Waals surface area contributed by atoms with Crippen molar-refractivity contribution in [1.82, 2.24) is 10.2 Å². The molecule has 0 spiro atoms. The number of hydrogen-bond acceptors (Lipinski definition) is 3. The SMILES string of the molecule is CC(C)c1[nH]nc(-c2cccs2)c1C(=O)O. The molecule has 0 bridgehead atoms. The molecule has 2 N–H and O–H groups in total. The Morgan fingerprint density at radius 1 is 1.56 bits per heavy atom. The van der Waals surface area contributed by atoms with Gasteiger partial charge in [0.2, 0.25) is 0 Å². The first-order valence-electron chi connectivity index (χ1n) is 4.96. The van der Waals surface area contributed by atoms with Crippen LogP contribution < -0.4 is 0 Å². The summed E-state index contributed by atoms with van der Waals surface area (Å²) in [7, 11) is 0. The molecule has 2 aromatic rings. The van der Waals surface area contributed by atoms with Crippen molar-refractivity contribution in [2.75, 3.05) is 0 Å². The highest BCUT2D eigenvalue weighted by molar-refractivity contribution is 7.13. The maximum atomic E-state index is 11.2. The Balaban J connectivity index is 2.59. The number of aromatic amines is 1. The average Bonchev–Trinajstić information content (AvgIpc) is 2.85. The summed E-state index contributed by atoms with van der Waals surface area (Å²) in [6, 6.07) is 3.76. The summed E-state index contributed by atoms with van der Waals surface area (Å²) >= 11 is 1.49. The van der Waals surface area contributed by atoms with Gasteiger partial charge in [-0.2, -0.15) is 5.10 Å². The van der Waals surface area contributed by atoms with Crippen molar-refractivity contribution in [2.45, 2.75) is 19.8 Å². The highest BCUT2D eigenvalue weighted by atomic mass is 32.1. The summed E-state index contributed by atoms with van der Waals surface area (Å²) in [4.78, 5) is 12.1. The summed E-state index contributed by atoms with van der Waals surface area (Å²) in [5.74, 6) is -0.812. The number of hydrogen-bond donors (Lipinski definition) is 2. The highest BCUT2D eigenvalue weighted by Crippen LogP contribution is 2.30. The van der Waals surface area contributed by atoms with Crippen LogP contribution in [0.5, 0.6) is 0 Å². The van der Waals surface area contributed by atoms with Gasteiger partial charge >= 0.3 is 5.97 Å². The Morgan fingerprint density at radius 3 is 2.81 bits per heavy atom. The van der Waals surface area contributed by atoms with Crippen LogP contribution in [0, 0.1) is 0 Å². The van der Waals surface area contributed by atoms with E-state index in [2.05, 4.69) is 10.2 Å². The van der Waals surface area contributed by atoms with Crippen molar-refractivity contribution in [2.24, 2.45) is 0 Å². The Bertz CT molecular complexity index is 500. The summed E-state index contributed by atoms with van der Waals surface area (Å²) in [5, 5.41) is 18.1. The number of aromatic carboxylic acids is 1. The standard InChI is InChI=1S/C11H12N2O2S/c1-6(2)9-8(11(14)15)10(13-12-9)7-4-3-5-16-7/h3-6H,1-2H3,(H,12,13)(H,14,15). The van der Waals surface area contributed by atoms with Crippen molar-refractivity contribution < 1.29 is 9.90 Å².